The lowest BCUT2D eigenvalue weighted by Gasteiger charge is -2.00. The number of carbonyl (C=O) groups is 1. The van der Waals surface area contributed by atoms with Gasteiger partial charge in [0.05, 0.1) is 4.53 Å². The van der Waals surface area contributed by atoms with E-state index in [0.717, 1.165) is 17.1 Å². The third-order valence-corrected chi connectivity index (χ3v) is 4.97. The summed E-state index contributed by atoms with van der Waals surface area (Å²) < 4.78 is 7.58. The number of rotatable bonds is 5. The van der Waals surface area contributed by atoms with Gasteiger partial charge in [-0.15, -0.1) is 17.9 Å². The summed E-state index contributed by atoms with van der Waals surface area (Å²) in [6.45, 7) is 5.67. The molecule has 1 aromatic carbocycles. The zero-order valence-corrected chi connectivity index (χ0v) is 15.5. The van der Waals surface area contributed by atoms with Crippen molar-refractivity contribution in [1.29, 1.82) is 5.26 Å². The fourth-order valence-corrected chi connectivity index (χ4v) is 3.68. The van der Waals surface area contributed by atoms with Gasteiger partial charge in [-0.2, -0.15) is 5.26 Å². The van der Waals surface area contributed by atoms with Crippen LogP contribution in [0.5, 0.6) is 0 Å². The third-order valence-electron chi connectivity index (χ3n) is 3.84. The van der Waals surface area contributed by atoms with Gasteiger partial charge in [0.2, 0.25) is 5.78 Å². The highest BCUT2D eigenvalue weighted by Gasteiger charge is 2.17. The molecule has 0 fully saturated rings. The summed E-state index contributed by atoms with van der Waals surface area (Å²) >= 11 is 1.09. The number of nitriles is 1. The van der Waals surface area contributed by atoms with Crippen LogP contribution in [0.25, 0.3) is 11.6 Å². The molecule has 0 saturated heterocycles. The molecule has 0 saturated carbocycles. The highest BCUT2D eigenvalue weighted by molar-refractivity contribution is 7.07. The lowest BCUT2D eigenvalue weighted by Crippen LogP contribution is -2.32. The number of Topliss-reactive ketones (excluding diaryl/α,β-unsaturated/α-hetero) is 1. The van der Waals surface area contributed by atoms with Crippen molar-refractivity contribution >= 4 is 28.8 Å². The molecule has 3 rings (SSSR count). The molecule has 0 aliphatic heterocycles. The van der Waals surface area contributed by atoms with Crippen molar-refractivity contribution in [1.82, 2.24) is 4.57 Å². The highest BCUT2D eigenvalue weighted by atomic mass is 32.1. The molecule has 134 valence electrons. The van der Waals surface area contributed by atoms with Gasteiger partial charge in [-0.3, -0.25) is 14.2 Å². The van der Waals surface area contributed by atoms with Gasteiger partial charge in [0.25, 0.3) is 5.56 Å². The van der Waals surface area contributed by atoms with Gasteiger partial charge in [-0.25, -0.2) is 0 Å². The summed E-state index contributed by atoms with van der Waals surface area (Å²) in [5.74, 6) is 0.849. The molecule has 0 aliphatic rings. The van der Waals surface area contributed by atoms with Crippen LogP contribution in [0.15, 0.2) is 64.3 Å². The summed E-state index contributed by atoms with van der Waals surface area (Å²) in [4.78, 5) is 25.6. The summed E-state index contributed by atoms with van der Waals surface area (Å²) in [5.41, 5.74) is 0.0326. The molecule has 5 nitrogen and oxygen atoms in total. The topological polar surface area (TPSA) is 76.0 Å². The standard InChI is InChI=1S/C21H16N2O3S/c1-3-11-23-20(25)18(12-16-10-9-14(2)26-16)27-21(23)17(13-22)19(24)15-7-5-4-6-8-15/h3-10,12H,1,11H2,2H3/b18-12+,21-17+. The Hall–Kier alpha value is -3.43. The molecule has 6 heteroatoms. The van der Waals surface area contributed by atoms with Crippen molar-refractivity contribution in [3.63, 3.8) is 0 Å². The molecule has 0 radical (unpaired) electrons. The number of thiazole rings is 1. The zero-order valence-electron chi connectivity index (χ0n) is 14.6. The summed E-state index contributed by atoms with van der Waals surface area (Å²) in [6.07, 6.45) is 3.17. The van der Waals surface area contributed by atoms with E-state index in [0.29, 0.717) is 20.5 Å². The van der Waals surface area contributed by atoms with Crippen molar-refractivity contribution in [3.8, 4) is 6.07 Å². The van der Waals surface area contributed by atoms with Gasteiger partial charge in [-0.05, 0) is 19.1 Å². The van der Waals surface area contributed by atoms with Crippen LogP contribution in [0.2, 0.25) is 0 Å². The minimum atomic E-state index is -0.419. The van der Waals surface area contributed by atoms with E-state index in [1.807, 2.05) is 13.0 Å². The van der Waals surface area contributed by atoms with Crippen LogP contribution in [0.1, 0.15) is 21.9 Å². The second-order valence-electron chi connectivity index (χ2n) is 5.75. The van der Waals surface area contributed by atoms with Crippen LogP contribution in [0.4, 0.5) is 0 Å². The van der Waals surface area contributed by atoms with Gasteiger partial charge < -0.3 is 4.42 Å². The molecular formula is C21H16N2O3S. The van der Waals surface area contributed by atoms with Gasteiger partial charge in [0.15, 0.2) is 0 Å². The number of benzene rings is 1. The molecule has 2 aromatic heterocycles. The van der Waals surface area contributed by atoms with E-state index < -0.39 is 5.78 Å². The van der Waals surface area contributed by atoms with Crippen molar-refractivity contribution in [2.24, 2.45) is 0 Å². The molecule has 0 bridgehead atoms. The van der Waals surface area contributed by atoms with E-state index in [-0.39, 0.29) is 17.7 Å². The fourth-order valence-electron chi connectivity index (χ4n) is 2.59. The number of carbonyl (C=O) groups excluding carboxylic acids is 1. The number of ketones is 1. The predicted molar refractivity (Wildman–Crippen MR) is 105 cm³/mol. The number of aromatic nitrogens is 1. The Labute approximate surface area is 159 Å². The number of hydrogen-bond acceptors (Lipinski definition) is 5. The van der Waals surface area contributed by atoms with Crippen molar-refractivity contribution in [2.75, 3.05) is 0 Å². The van der Waals surface area contributed by atoms with E-state index in [1.165, 1.54) is 4.57 Å². The number of nitrogens with zero attached hydrogens (tertiary/aromatic N) is 2. The molecule has 0 N–H and O–H groups in total. The first-order chi connectivity index (χ1) is 13.0. The first-order valence-electron chi connectivity index (χ1n) is 8.18. The molecule has 0 amide bonds. The molecular weight excluding hydrogens is 360 g/mol. The summed E-state index contributed by atoms with van der Waals surface area (Å²) in [7, 11) is 0. The summed E-state index contributed by atoms with van der Waals surface area (Å²) in [5, 5.41) is 9.63. The second-order valence-corrected chi connectivity index (χ2v) is 6.78. The van der Waals surface area contributed by atoms with E-state index in [1.54, 1.807) is 54.6 Å². The van der Waals surface area contributed by atoms with Gasteiger partial charge >= 0.3 is 0 Å². The van der Waals surface area contributed by atoms with E-state index in [2.05, 4.69) is 6.58 Å². The first-order valence-corrected chi connectivity index (χ1v) is 8.99. The van der Waals surface area contributed by atoms with Crippen molar-refractivity contribution in [3.05, 3.63) is 91.8 Å². The maximum atomic E-state index is 12.8. The minimum absolute atomic E-state index is 0.0691. The van der Waals surface area contributed by atoms with Crippen LogP contribution in [-0.2, 0) is 6.54 Å². The zero-order chi connectivity index (χ0) is 19.4. The third kappa shape index (κ3) is 3.73. The average molecular weight is 376 g/mol. The Bertz CT molecular complexity index is 1220. The molecule has 0 atom stereocenters. The Morgan fingerprint density at radius 1 is 1.30 bits per heavy atom. The van der Waals surface area contributed by atoms with Crippen molar-refractivity contribution < 1.29 is 9.21 Å². The highest BCUT2D eigenvalue weighted by Crippen LogP contribution is 2.08. The SMILES string of the molecule is C=CCn1c(=O)/c(=C\c2ccc(C)o2)s/c1=C(\C#N)C(=O)c1ccccc1. The quantitative estimate of drug-likeness (QED) is 0.506. The molecule has 0 unspecified atom stereocenters. The minimum Gasteiger partial charge on any atom is -0.462 e. The summed E-state index contributed by atoms with van der Waals surface area (Å²) in [6, 6.07) is 14.1. The molecule has 3 aromatic rings. The van der Waals surface area contributed by atoms with Crippen LogP contribution in [-0.4, -0.2) is 10.4 Å². The molecule has 2 heterocycles. The number of furan rings is 1. The Morgan fingerprint density at radius 2 is 2.04 bits per heavy atom. The van der Waals surface area contributed by atoms with Gasteiger partial charge in [-0.1, -0.05) is 36.4 Å². The lowest BCUT2D eigenvalue weighted by molar-refractivity contribution is 0.105. The van der Waals surface area contributed by atoms with Crippen molar-refractivity contribution in [2.45, 2.75) is 13.5 Å². The molecule has 0 spiro atoms. The normalized spacial score (nSPS) is 12.5. The molecule has 27 heavy (non-hydrogen) atoms. The van der Waals surface area contributed by atoms with Gasteiger partial charge in [0.1, 0.15) is 27.8 Å². The number of aryl methyl sites for hydroxylation is 1. The monoisotopic (exact) mass is 376 g/mol. The lowest BCUT2D eigenvalue weighted by atomic mass is 10.1. The Balaban J connectivity index is 2.29. The first kappa shape index (κ1) is 18.4. The smallest absolute Gasteiger partial charge is 0.269 e. The maximum absolute atomic E-state index is 12.8. The van der Waals surface area contributed by atoms with E-state index in [4.69, 9.17) is 4.42 Å². The van der Waals surface area contributed by atoms with Crippen LogP contribution < -0.4 is 14.8 Å². The Morgan fingerprint density at radius 3 is 2.63 bits per heavy atom. The van der Waals surface area contributed by atoms with Crippen LogP contribution in [0.3, 0.4) is 0 Å². The maximum Gasteiger partial charge on any atom is 0.269 e. The average Bonchev–Trinajstić information content (AvgIpc) is 3.22. The largest absolute Gasteiger partial charge is 0.462 e. The van der Waals surface area contributed by atoms with Crippen LogP contribution >= 0.6 is 11.3 Å². The number of hydrogen-bond donors (Lipinski definition) is 0. The van der Waals surface area contributed by atoms with Gasteiger partial charge in [0, 0.05) is 18.2 Å². The Kier molecular flexibility index (Phi) is 5.34. The van der Waals surface area contributed by atoms with E-state index >= 15 is 0 Å². The number of allylic oxidation sites excluding steroid dienone is 1. The fraction of sp³-hybridized carbons (Fsp3) is 0.0952. The molecule has 0 aliphatic carbocycles. The van der Waals surface area contributed by atoms with E-state index in [9.17, 15) is 14.9 Å². The second kappa shape index (κ2) is 7.85. The van der Waals surface area contributed by atoms with Crippen LogP contribution in [0, 0.1) is 18.3 Å². The predicted octanol–water partition coefficient (Wildman–Crippen LogP) is 2.38.